The molecule has 1 aliphatic rings. The molecule has 1 saturated carbocycles. The Morgan fingerprint density at radius 3 is 1.71 bits per heavy atom. The summed E-state index contributed by atoms with van der Waals surface area (Å²) in [4.78, 5) is 0. The van der Waals surface area contributed by atoms with Crippen LogP contribution in [-0.2, 0) is 0 Å². The summed E-state index contributed by atoms with van der Waals surface area (Å²) in [5, 5.41) is 14.4. The van der Waals surface area contributed by atoms with E-state index in [1.165, 1.54) is 27.1 Å². The maximum atomic E-state index is 10.3. The molecule has 0 heterocycles. The molecule has 1 nitrogen and oxygen atoms in total. The van der Waals surface area contributed by atoms with Crippen molar-refractivity contribution in [3.8, 4) is 0 Å². The van der Waals surface area contributed by atoms with E-state index in [1.54, 1.807) is 0 Å². The molecule has 1 aliphatic carbocycles. The van der Waals surface area contributed by atoms with Crippen molar-refractivity contribution in [3.63, 3.8) is 0 Å². The molecule has 0 amide bonds. The van der Waals surface area contributed by atoms with E-state index in [4.69, 9.17) is 0 Å². The van der Waals surface area contributed by atoms with E-state index in [9.17, 15) is 5.11 Å². The van der Waals surface area contributed by atoms with Crippen LogP contribution in [0, 0.1) is 11.3 Å². The Morgan fingerprint density at radius 1 is 0.829 bits per heavy atom. The fourth-order valence-corrected chi connectivity index (χ4v) is 10.1. The van der Waals surface area contributed by atoms with Gasteiger partial charge in [-0.1, -0.05) is 0 Å². The monoisotopic (exact) mass is 482 g/mol. The van der Waals surface area contributed by atoms with Crippen LogP contribution in [0.3, 0.4) is 0 Å². The molecule has 3 aromatic rings. The van der Waals surface area contributed by atoms with E-state index in [1.807, 2.05) is 0 Å². The van der Waals surface area contributed by atoms with E-state index < -0.39 is 7.26 Å². The SMILES string of the molecule is CC(C=C[PH](c1ccccc1)(c1ccccc1)c1ccccc1)=CC=C1[C@@H](C)C[C@@H](O)CC1(C)C. The zero-order chi connectivity index (χ0) is 24.9. The van der Waals surface area contributed by atoms with Gasteiger partial charge in [-0.15, -0.1) is 0 Å². The number of benzene rings is 3. The Labute approximate surface area is 212 Å². The third-order valence-electron chi connectivity index (χ3n) is 7.49. The first-order valence-corrected chi connectivity index (χ1v) is 14.8. The van der Waals surface area contributed by atoms with Gasteiger partial charge in [0.1, 0.15) is 0 Å². The van der Waals surface area contributed by atoms with E-state index in [2.05, 4.69) is 143 Å². The minimum absolute atomic E-state index is 0.0220. The Hall–Kier alpha value is -2.73. The second-order valence-corrected chi connectivity index (χ2v) is 14.3. The maximum absolute atomic E-state index is 10.3. The number of aliphatic hydroxyl groups is 1. The number of aliphatic hydroxyl groups excluding tert-OH is 1. The topological polar surface area (TPSA) is 20.2 Å². The number of hydrogen-bond donors (Lipinski definition) is 1. The molecule has 4 rings (SSSR count). The van der Waals surface area contributed by atoms with Gasteiger partial charge in [-0.25, -0.2) is 0 Å². The van der Waals surface area contributed by atoms with Crippen LogP contribution in [0.4, 0.5) is 0 Å². The van der Waals surface area contributed by atoms with Crippen molar-refractivity contribution in [1.82, 2.24) is 0 Å². The Kier molecular flexibility index (Phi) is 7.90. The predicted molar refractivity (Wildman–Crippen MR) is 156 cm³/mol. The second kappa shape index (κ2) is 10.9. The first-order valence-electron chi connectivity index (χ1n) is 12.8. The third kappa shape index (κ3) is 5.58. The molecule has 0 spiro atoms. The first-order chi connectivity index (χ1) is 16.8. The van der Waals surface area contributed by atoms with E-state index in [-0.39, 0.29) is 11.5 Å². The number of hydrogen-bond acceptors (Lipinski definition) is 1. The van der Waals surface area contributed by atoms with Crippen molar-refractivity contribution >= 4 is 23.2 Å². The van der Waals surface area contributed by atoms with Crippen LogP contribution in [0.25, 0.3) is 0 Å². The molecule has 0 bridgehead atoms. The molecule has 2 atom stereocenters. The zero-order valence-corrected chi connectivity index (χ0v) is 22.5. The summed E-state index contributed by atoms with van der Waals surface area (Å²) in [5.41, 5.74) is 2.70. The third-order valence-corrected chi connectivity index (χ3v) is 11.9. The average molecular weight is 483 g/mol. The van der Waals surface area contributed by atoms with Gasteiger partial charge < -0.3 is 0 Å². The first kappa shape index (κ1) is 25.4. The van der Waals surface area contributed by atoms with Crippen LogP contribution < -0.4 is 15.9 Å². The molecule has 0 aliphatic heterocycles. The standard InChI is InChI=1S/C33H39OP/c1-26(20-21-32-27(2)24-28(34)25-33(32,3)4)22-23-35(29-14-8-5-9-15-29,30-16-10-6-11-17-30)31-18-12-7-13-19-31/h5-23,27-28,34-35H,24-25H2,1-4H3/t27-,28+/m0/s1. The Bertz CT molecular complexity index is 1090. The summed E-state index contributed by atoms with van der Waals surface area (Å²) in [6.07, 6.45) is 8.39. The van der Waals surface area contributed by atoms with Crippen LogP contribution in [-0.4, -0.2) is 11.2 Å². The summed E-state index contributed by atoms with van der Waals surface area (Å²) < 4.78 is 0. The van der Waals surface area contributed by atoms with Gasteiger partial charge in [-0.05, 0) is 0 Å². The zero-order valence-electron chi connectivity index (χ0n) is 21.5. The van der Waals surface area contributed by atoms with Gasteiger partial charge >= 0.3 is 212 Å². The summed E-state index contributed by atoms with van der Waals surface area (Å²) in [7, 11) is -2.38. The van der Waals surface area contributed by atoms with Gasteiger partial charge in [0.2, 0.25) is 0 Å². The summed E-state index contributed by atoms with van der Waals surface area (Å²) >= 11 is 0. The van der Waals surface area contributed by atoms with E-state index in [0.29, 0.717) is 5.92 Å². The average Bonchev–Trinajstić information content (AvgIpc) is 2.85. The Balaban J connectivity index is 1.80. The molecule has 1 fully saturated rings. The molecule has 3 aromatic carbocycles. The van der Waals surface area contributed by atoms with Crippen LogP contribution in [0.5, 0.6) is 0 Å². The molecule has 0 aromatic heterocycles. The molecule has 35 heavy (non-hydrogen) atoms. The van der Waals surface area contributed by atoms with Crippen molar-refractivity contribution in [2.75, 3.05) is 0 Å². The van der Waals surface area contributed by atoms with Gasteiger partial charge in [0.15, 0.2) is 0 Å². The summed E-state index contributed by atoms with van der Waals surface area (Å²) in [5.74, 6) is 2.89. The van der Waals surface area contributed by atoms with Gasteiger partial charge in [0, 0.05) is 0 Å². The fraction of sp³-hybridized carbons (Fsp3) is 0.273. The van der Waals surface area contributed by atoms with Gasteiger partial charge in [0.05, 0.1) is 0 Å². The minimum atomic E-state index is -2.38. The van der Waals surface area contributed by atoms with Crippen LogP contribution in [0.15, 0.2) is 126 Å². The molecule has 2 heteroatoms. The van der Waals surface area contributed by atoms with Crippen molar-refractivity contribution in [2.45, 2.75) is 46.6 Å². The van der Waals surface area contributed by atoms with Crippen molar-refractivity contribution in [3.05, 3.63) is 126 Å². The normalized spacial score (nSPS) is 22.4. The van der Waals surface area contributed by atoms with Crippen LogP contribution in [0.1, 0.15) is 40.5 Å². The number of rotatable bonds is 6. The molecular weight excluding hydrogens is 443 g/mol. The summed E-state index contributed by atoms with van der Waals surface area (Å²) in [6, 6.07) is 33.0. The molecule has 182 valence electrons. The number of allylic oxidation sites excluding steroid dienone is 5. The molecule has 0 saturated heterocycles. The summed E-state index contributed by atoms with van der Waals surface area (Å²) in [6.45, 7) is 8.96. The van der Waals surface area contributed by atoms with Crippen LogP contribution in [0.2, 0.25) is 0 Å². The van der Waals surface area contributed by atoms with Gasteiger partial charge in [-0.2, -0.15) is 0 Å². The quantitative estimate of drug-likeness (QED) is 0.299. The fourth-order valence-electron chi connectivity index (χ4n) is 5.81. The Morgan fingerprint density at radius 2 is 1.29 bits per heavy atom. The molecule has 0 radical (unpaired) electrons. The van der Waals surface area contributed by atoms with E-state index in [0.717, 1.165) is 12.8 Å². The van der Waals surface area contributed by atoms with E-state index >= 15 is 0 Å². The van der Waals surface area contributed by atoms with Gasteiger partial charge in [-0.3, -0.25) is 0 Å². The predicted octanol–water partition coefficient (Wildman–Crippen LogP) is 6.92. The van der Waals surface area contributed by atoms with Crippen LogP contribution >= 0.6 is 7.26 Å². The van der Waals surface area contributed by atoms with Crippen molar-refractivity contribution in [1.29, 1.82) is 0 Å². The second-order valence-electron chi connectivity index (χ2n) is 10.7. The molecule has 0 unspecified atom stereocenters. The van der Waals surface area contributed by atoms with Crippen molar-refractivity contribution < 1.29 is 5.11 Å². The molecule has 1 N–H and O–H groups in total. The van der Waals surface area contributed by atoms with Gasteiger partial charge in [0.25, 0.3) is 0 Å². The molecular formula is C33H39OP. The van der Waals surface area contributed by atoms with Crippen molar-refractivity contribution in [2.24, 2.45) is 11.3 Å².